The van der Waals surface area contributed by atoms with Gasteiger partial charge in [0.2, 0.25) is 0 Å². The number of carbonyl (C=O) groups is 1. The van der Waals surface area contributed by atoms with Gasteiger partial charge in [0.25, 0.3) is 5.91 Å². The van der Waals surface area contributed by atoms with E-state index in [1.54, 1.807) is 19.4 Å². The molecule has 35 heavy (non-hydrogen) atoms. The summed E-state index contributed by atoms with van der Waals surface area (Å²) in [4.78, 5) is 12.3. The van der Waals surface area contributed by atoms with Crippen molar-refractivity contribution in [3.8, 4) is 5.75 Å². The molecular weight excluding hydrogens is 460 g/mol. The van der Waals surface area contributed by atoms with Gasteiger partial charge in [-0.1, -0.05) is 66.4 Å². The van der Waals surface area contributed by atoms with E-state index in [1.807, 2.05) is 53.1 Å². The van der Waals surface area contributed by atoms with E-state index in [2.05, 4.69) is 50.8 Å². The number of rotatable bonds is 11. The molecule has 0 unspecified atom stereocenters. The third-order valence-electron chi connectivity index (χ3n) is 5.20. The number of anilines is 1. The average molecular weight is 487 g/mol. The van der Waals surface area contributed by atoms with Crippen LogP contribution in [0.2, 0.25) is 0 Å². The van der Waals surface area contributed by atoms with E-state index in [9.17, 15) is 4.79 Å². The number of thioether (sulfide) groups is 1. The smallest absolute Gasteiger partial charge is 0.250 e. The minimum Gasteiger partial charge on any atom is -0.496 e. The first-order valence-electron chi connectivity index (χ1n) is 11.0. The number of carbonyl (C=O) groups excluding carboxylic acids is 1. The van der Waals surface area contributed by atoms with Crippen molar-refractivity contribution in [1.29, 1.82) is 0 Å². The average Bonchev–Trinajstić information content (AvgIpc) is 3.28. The van der Waals surface area contributed by atoms with E-state index in [0.717, 1.165) is 22.5 Å². The van der Waals surface area contributed by atoms with Crippen LogP contribution >= 0.6 is 11.8 Å². The van der Waals surface area contributed by atoms with Crippen molar-refractivity contribution in [2.75, 3.05) is 18.2 Å². The molecule has 0 bridgehead atoms. The molecule has 178 valence electrons. The molecular formula is C26H26N6O2S. The molecule has 3 aromatic carbocycles. The number of ether oxygens (including phenoxy) is 1. The van der Waals surface area contributed by atoms with Gasteiger partial charge in [0.15, 0.2) is 11.0 Å². The number of nitrogens with one attached hydrogen (secondary N) is 2. The molecule has 0 aliphatic carbocycles. The lowest BCUT2D eigenvalue weighted by atomic mass is 10.1. The van der Waals surface area contributed by atoms with Crippen molar-refractivity contribution in [2.24, 2.45) is 5.10 Å². The molecule has 0 fully saturated rings. The van der Waals surface area contributed by atoms with Crippen molar-refractivity contribution in [3.05, 3.63) is 90.8 Å². The summed E-state index contributed by atoms with van der Waals surface area (Å²) in [5.41, 5.74) is 4.34. The maximum absolute atomic E-state index is 12.3. The molecule has 1 heterocycles. The van der Waals surface area contributed by atoms with Crippen LogP contribution in [0.15, 0.2) is 89.6 Å². The number of hydrogen-bond donors (Lipinski definition) is 2. The van der Waals surface area contributed by atoms with Crippen molar-refractivity contribution in [2.45, 2.75) is 18.2 Å². The Labute approximate surface area is 208 Å². The van der Waals surface area contributed by atoms with Crippen LogP contribution in [0, 0.1) is 0 Å². The summed E-state index contributed by atoms with van der Waals surface area (Å²) in [6.07, 6.45) is 3.34. The third kappa shape index (κ3) is 6.07. The Hall–Kier alpha value is -4.11. The third-order valence-corrected chi connectivity index (χ3v) is 6.16. The molecule has 1 amide bonds. The van der Waals surface area contributed by atoms with Gasteiger partial charge in [-0.3, -0.25) is 4.79 Å². The lowest BCUT2D eigenvalue weighted by Crippen LogP contribution is -2.20. The highest BCUT2D eigenvalue weighted by atomic mass is 32.2. The number of amides is 1. The number of hydrazone groups is 1. The summed E-state index contributed by atoms with van der Waals surface area (Å²) < 4.78 is 7.22. The van der Waals surface area contributed by atoms with Gasteiger partial charge < -0.3 is 14.6 Å². The molecule has 1 aromatic heterocycles. The Kier molecular flexibility index (Phi) is 8.13. The van der Waals surface area contributed by atoms with Crippen LogP contribution in [0.1, 0.15) is 11.4 Å². The normalized spacial score (nSPS) is 11.0. The number of fused-ring (bicyclic) bond motifs is 1. The van der Waals surface area contributed by atoms with Gasteiger partial charge in [0, 0.05) is 23.2 Å². The van der Waals surface area contributed by atoms with Crippen LogP contribution < -0.4 is 15.5 Å². The Balaban J connectivity index is 1.37. The zero-order valence-corrected chi connectivity index (χ0v) is 20.2. The molecule has 9 heteroatoms. The second-order valence-electron chi connectivity index (χ2n) is 7.50. The lowest BCUT2D eigenvalue weighted by molar-refractivity contribution is -0.118. The van der Waals surface area contributed by atoms with E-state index in [-0.39, 0.29) is 11.7 Å². The molecule has 0 atom stereocenters. The van der Waals surface area contributed by atoms with E-state index >= 15 is 0 Å². The van der Waals surface area contributed by atoms with Gasteiger partial charge in [-0.2, -0.15) is 5.10 Å². The van der Waals surface area contributed by atoms with Crippen LogP contribution in [-0.4, -0.2) is 39.7 Å². The molecule has 4 aromatic rings. The summed E-state index contributed by atoms with van der Waals surface area (Å²) in [5, 5.41) is 19.1. The van der Waals surface area contributed by atoms with Crippen LogP contribution in [0.25, 0.3) is 10.8 Å². The first kappa shape index (κ1) is 24.0. The summed E-state index contributed by atoms with van der Waals surface area (Å²) >= 11 is 1.30. The number of allylic oxidation sites excluding steroid dienone is 1. The van der Waals surface area contributed by atoms with Crippen molar-refractivity contribution < 1.29 is 9.53 Å². The van der Waals surface area contributed by atoms with Gasteiger partial charge in [0.1, 0.15) is 5.75 Å². The summed E-state index contributed by atoms with van der Waals surface area (Å²) in [6, 6.07) is 21.8. The zero-order valence-electron chi connectivity index (χ0n) is 19.3. The van der Waals surface area contributed by atoms with Gasteiger partial charge in [-0.05, 0) is 23.6 Å². The molecule has 4 rings (SSSR count). The lowest BCUT2D eigenvalue weighted by Gasteiger charge is -2.11. The molecule has 0 saturated carbocycles. The second-order valence-corrected chi connectivity index (χ2v) is 8.44. The number of para-hydroxylation sites is 1. The summed E-state index contributed by atoms with van der Waals surface area (Å²) in [7, 11) is 1.59. The Morgan fingerprint density at radius 3 is 2.77 bits per heavy atom. The highest BCUT2D eigenvalue weighted by molar-refractivity contribution is 7.99. The van der Waals surface area contributed by atoms with E-state index in [4.69, 9.17) is 4.74 Å². The van der Waals surface area contributed by atoms with Crippen LogP contribution in [0.4, 0.5) is 5.69 Å². The molecule has 0 spiro atoms. The fourth-order valence-corrected chi connectivity index (χ4v) is 4.29. The van der Waals surface area contributed by atoms with Crippen LogP contribution in [0.5, 0.6) is 5.75 Å². The van der Waals surface area contributed by atoms with E-state index in [0.29, 0.717) is 24.0 Å². The minimum absolute atomic E-state index is 0.148. The number of benzene rings is 3. The Morgan fingerprint density at radius 2 is 1.91 bits per heavy atom. The Morgan fingerprint density at radius 1 is 1.11 bits per heavy atom. The molecule has 0 radical (unpaired) electrons. The zero-order chi connectivity index (χ0) is 24.5. The maximum atomic E-state index is 12.3. The number of nitrogens with zero attached hydrogens (tertiary/aromatic N) is 4. The largest absolute Gasteiger partial charge is 0.496 e. The highest BCUT2D eigenvalue weighted by Gasteiger charge is 2.14. The van der Waals surface area contributed by atoms with Crippen LogP contribution in [-0.2, 0) is 17.9 Å². The van der Waals surface area contributed by atoms with Crippen molar-refractivity contribution in [3.63, 3.8) is 0 Å². The summed E-state index contributed by atoms with van der Waals surface area (Å²) in [6.45, 7) is 4.87. The van der Waals surface area contributed by atoms with Crippen LogP contribution in [0.3, 0.4) is 0 Å². The predicted octanol–water partition coefficient (Wildman–Crippen LogP) is 4.48. The first-order valence-corrected chi connectivity index (χ1v) is 12.0. The standard InChI is InChI=1S/C26H26N6O2S/c1-3-15-32-24(17-27-22-13-8-11-19-9-4-6-12-21(19)22)29-31-26(32)35-18-25(33)30-28-16-20-10-5-7-14-23(20)34-2/h3-14,16,27H,1,15,17-18H2,2H3,(H,30,33)/b28-16-. The van der Waals surface area contributed by atoms with E-state index in [1.165, 1.54) is 17.1 Å². The molecule has 0 aliphatic heterocycles. The summed E-state index contributed by atoms with van der Waals surface area (Å²) in [5.74, 6) is 1.34. The quantitative estimate of drug-likeness (QED) is 0.141. The van der Waals surface area contributed by atoms with Gasteiger partial charge in [0.05, 0.1) is 25.6 Å². The minimum atomic E-state index is -0.246. The van der Waals surface area contributed by atoms with Gasteiger partial charge >= 0.3 is 0 Å². The predicted molar refractivity (Wildman–Crippen MR) is 141 cm³/mol. The highest BCUT2D eigenvalue weighted by Crippen LogP contribution is 2.24. The second kappa shape index (κ2) is 11.8. The molecule has 2 N–H and O–H groups in total. The maximum Gasteiger partial charge on any atom is 0.250 e. The van der Waals surface area contributed by atoms with Gasteiger partial charge in [-0.25, -0.2) is 5.43 Å². The first-order chi connectivity index (χ1) is 17.2. The molecule has 0 aliphatic rings. The van der Waals surface area contributed by atoms with Gasteiger partial charge in [-0.15, -0.1) is 16.8 Å². The molecule has 0 saturated heterocycles. The molecule has 8 nitrogen and oxygen atoms in total. The Bertz CT molecular complexity index is 1350. The van der Waals surface area contributed by atoms with Crippen molar-refractivity contribution in [1.82, 2.24) is 20.2 Å². The fraction of sp³-hybridized carbons (Fsp3) is 0.154. The fourth-order valence-electron chi connectivity index (χ4n) is 3.53. The number of methoxy groups -OCH3 is 1. The number of hydrogen-bond acceptors (Lipinski definition) is 7. The SMILES string of the molecule is C=CCn1c(CNc2cccc3ccccc23)nnc1SCC(=O)N/N=C\c1ccccc1OC. The topological polar surface area (TPSA) is 93.4 Å². The monoisotopic (exact) mass is 486 g/mol. The van der Waals surface area contributed by atoms with E-state index < -0.39 is 0 Å². The van der Waals surface area contributed by atoms with Crippen molar-refractivity contribution >= 4 is 40.3 Å². The number of aromatic nitrogens is 3.